The largest absolute Gasteiger partial charge is 0.447 e. The summed E-state index contributed by atoms with van der Waals surface area (Å²) in [5.74, 6) is -0.0222. The van der Waals surface area contributed by atoms with E-state index in [0.29, 0.717) is 19.5 Å². The summed E-state index contributed by atoms with van der Waals surface area (Å²) in [6.07, 6.45) is -0.325. The number of carbonyl (C=O) groups excluding carboxylic acids is 3. The van der Waals surface area contributed by atoms with E-state index in [-0.39, 0.29) is 30.2 Å². The SMILES string of the molecule is CC(=O)N1c2ccc(-c3ccc(CN4CCN(C(=O)OC(C)(C)C)CC4)cc3)cc2C(NC(=O)OC(C)C)CC1C. The maximum absolute atomic E-state index is 12.5. The molecule has 2 atom stereocenters. The Morgan fingerprint density at radius 1 is 0.976 bits per heavy atom. The number of benzene rings is 2. The van der Waals surface area contributed by atoms with Gasteiger partial charge in [0.25, 0.3) is 0 Å². The molecule has 41 heavy (non-hydrogen) atoms. The zero-order valence-corrected chi connectivity index (χ0v) is 25.4. The number of alkyl carbamates (subject to hydrolysis) is 1. The summed E-state index contributed by atoms with van der Waals surface area (Å²) in [6.45, 7) is 16.6. The van der Waals surface area contributed by atoms with Gasteiger partial charge in [-0.2, -0.15) is 0 Å². The van der Waals surface area contributed by atoms with Gasteiger partial charge >= 0.3 is 12.2 Å². The van der Waals surface area contributed by atoms with Crippen molar-refractivity contribution in [3.05, 3.63) is 53.6 Å². The first-order valence-electron chi connectivity index (χ1n) is 14.5. The summed E-state index contributed by atoms with van der Waals surface area (Å²) in [7, 11) is 0. The molecule has 2 aromatic carbocycles. The molecule has 0 aliphatic carbocycles. The summed E-state index contributed by atoms with van der Waals surface area (Å²) in [4.78, 5) is 43.3. The molecule has 0 aromatic heterocycles. The molecule has 1 fully saturated rings. The van der Waals surface area contributed by atoms with Gasteiger partial charge < -0.3 is 24.6 Å². The van der Waals surface area contributed by atoms with Crippen LogP contribution in [0.4, 0.5) is 15.3 Å². The third-order valence-electron chi connectivity index (χ3n) is 7.37. The zero-order chi connectivity index (χ0) is 29.9. The van der Waals surface area contributed by atoms with Gasteiger partial charge in [0.15, 0.2) is 0 Å². The van der Waals surface area contributed by atoms with Crippen molar-refractivity contribution in [2.45, 2.75) is 85.2 Å². The maximum atomic E-state index is 12.5. The maximum Gasteiger partial charge on any atom is 0.410 e. The van der Waals surface area contributed by atoms with Gasteiger partial charge in [-0.05, 0) is 82.3 Å². The lowest BCUT2D eigenvalue weighted by Gasteiger charge is -2.39. The van der Waals surface area contributed by atoms with Gasteiger partial charge in [0.2, 0.25) is 5.91 Å². The second kappa shape index (κ2) is 12.5. The van der Waals surface area contributed by atoms with E-state index in [1.54, 1.807) is 16.7 Å². The Balaban J connectivity index is 1.45. The van der Waals surface area contributed by atoms with Gasteiger partial charge in [-0.15, -0.1) is 0 Å². The molecule has 2 unspecified atom stereocenters. The first kappa shape index (κ1) is 30.4. The fourth-order valence-corrected chi connectivity index (χ4v) is 5.53. The minimum absolute atomic E-state index is 0.0222. The second-order valence-electron chi connectivity index (χ2n) is 12.3. The lowest BCUT2D eigenvalue weighted by Crippen LogP contribution is -2.49. The summed E-state index contributed by atoms with van der Waals surface area (Å²) >= 11 is 0. The molecule has 4 rings (SSSR count). The number of amides is 3. The Morgan fingerprint density at radius 3 is 2.20 bits per heavy atom. The van der Waals surface area contributed by atoms with Crippen LogP contribution in [-0.2, 0) is 20.8 Å². The molecule has 0 radical (unpaired) electrons. The predicted molar refractivity (Wildman–Crippen MR) is 160 cm³/mol. The van der Waals surface area contributed by atoms with Crippen molar-refractivity contribution in [1.82, 2.24) is 15.1 Å². The van der Waals surface area contributed by atoms with Crippen LogP contribution in [0.15, 0.2) is 42.5 Å². The van der Waals surface area contributed by atoms with Gasteiger partial charge in [0, 0.05) is 51.4 Å². The molecular formula is C32H44N4O5. The number of nitrogens with zero attached hydrogens (tertiary/aromatic N) is 3. The van der Waals surface area contributed by atoms with E-state index < -0.39 is 11.7 Å². The predicted octanol–water partition coefficient (Wildman–Crippen LogP) is 5.73. The first-order valence-corrected chi connectivity index (χ1v) is 14.5. The van der Waals surface area contributed by atoms with Crippen LogP contribution in [-0.4, -0.2) is 71.8 Å². The van der Waals surface area contributed by atoms with Gasteiger partial charge in [-0.3, -0.25) is 9.69 Å². The lowest BCUT2D eigenvalue weighted by atomic mass is 9.89. The van der Waals surface area contributed by atoms with Crippen LogP contribution in [0.2, 0.25) is 0 Å². The van der Waals surface area contributed by atoms with Crippen LogP contribution in [0.25, 0.3) is 11.1 Å². The number of piperazine rings is 1. The molecule has 0 spiro atoms. The molecule has 1 N–H and O–H groups in total. The number of fused-ring (bicyclic) bond motifs is 1. The molecular weight excluding hydrogens is 520 g/mol. The summed E-state index contributed by atoms with van der Waals surface area (Å²) in [5, 5.41) is 3.01. The topological polar surface area (TPSA) is 91.4 Å². The fraction of sp³-hybridized carbons (Fsp3) is 0.531. The highest BCUT2D eigenvalue weighted by molar-refractivity contribution is 5.94. The Labute approximate surface area is 243 Å². The number of anilines is 1. The first-order chi connectivity index (χ1) is 19.3. The lowest BCUT2D eigenvalue weighted by molar-refractivity contribution is -0.117. The van der Waals surface area contributed by atoms with Crippen LogP contribution < -0.4 is 10.2 Å². The standard InChI is InChI=1S/C32H44N4O5/c1-21(2)40-30(38)33-28-18-22(3)36(23(4)37)29-13-12-26(19-27(28)29)25-10-8-24(9-11-25)20-34-14-16-35(17-15-34)31(39)41-32(5,6)7/h8-13,19,21-22,28H,14-18,20H2,1-7H3,(H,33,38). The summed E-state index contributed by atoms with van der Waals surface area (Å²) in [6, 6.07) is 14.2. The summed E-state index contributed by atoms with van der Waals surface area (Å²) < 4.78 is 10.9. The minimum Gasteiger partial charge on any atom is -0.447 e. The van der Waals surface area contributed by atoms with Crippen LogP contribution in [0.1, 0.15) is 72.1 Å². The van der Waals surface area contributed by atoms with Crippen molar-refractivity contribution in [2.75, 3.05) is 31.1 Å². The molecule has 2 aliphatic heterocycles. The molecule has 2 aliphatic rings. The Hall–Kier alpha value is -3.59. The minimum atomic E-state index is -0.490. The Morgan fingerprint density at radius 2 is 1.61 bits per heavy atom. The van der Waals surface area contributed by atoms with Crippen LogP contribution in [0.3, 0.4) is 0 Å². The molecule has 3 amide bonds. The van der Waals surface area contributed by atoms with E-state index in [1.165, 1.54) is 5.56 Å². The molecule has 0 saturated carbocycles. The van der Waals surface area contributed by atoms with Crippen molar-refractivity contribution in [2.24, 2.45) is 0 Å². The van der Waals surface area contributed by atoms with Crippen molar-refractivity contribution >= 4 is 23.8 Å². The van der Waals surface area contributed by atoms with E-state index in [9.17, 15) is 14.4 Å². The van der Waals surface area contributed by atoms with E-state index in [2.05, 4.69) is 40.5 Å². The average Bonchev–Trinajstić information content (AvgIpc) is 2.87. The molecule has 0 bridgehead atoms. The molecule has 9 nitrogen and oxygen atoms in total. The number of rotatable bonds is 5. The third kappa shape index (κ3) is 7.79. The van der Waals surface area contributed by atoms with E-state index >= 15 is 0 Å². The Bertz CT molecular complexity index is 1250. The number of carbonyl (C=O) groups is 3. The third-order valence-corrected chi connectivity index (χ3v) is 7.37. The van der Waals surface area contributed by atoms with Crippen molar-refractivity contribution in [3.8, 4) is 11.1 Å². The highest BCUT2D eigenvalue weighted by Gasteiger charge is 2.34. The van der Waals surface area contributed by atoms with Crippen molar-refractivity contribution < 1.29 is 23.9 Å². The zero-order valence-electron chi connectivity index (χ0n) is 25.4. The highest BCUT2D eigenvalue weighted by Crippen LogP contribution is 2.39. The van der Waals surface area contributed by atoms with Gasteiger partial charge in [0.1, 0.15) is 5.60 Å². The van der Waals surface area contributed by atoms with Gasteiger partial charge in [0.05, 0.1) is 12.1 Å². The fourth-order valence-electron chi connectivity index (χ4n) is 5.53. The quantitative estimate of drug-likeness (QED) is 0.499. The molecule has 2 heterocycles. The molecule has 1 saturated heterocycles. The monoisotopic (exact) mass is 564 g/mol. The Kier molecular flexibility index (Phi) is 9.27. The van der Waals surface area contributed by atoms with Gasteiger partial charge in [-0.1, -0.05) is 30.3 Å². The average molecular weight is 565 g/mol. The van der Waals surface area contributed by atoms with Crippen molar-refractivity contribution in [1.29, 1.82) is 0 Å². The van der Waals surface area contributed by atoms with Gasteiger partial charge in [-0.25, -0.2) is 9.59 Å². The van der Waals surface area contributed by atoms with Crippen molar-refractivity contribution in [3.63, 3.8) is 0 Å². The van der Waals surface area contributed by atoms with Crippen LogP contribution >= 0.6 is 0 Å². The van der Waals surface area contributed by atoms with E-state index in [1.807, 2.05) is 53.7 Å². The summed E-state index contributed by atoms with van der Waals surface area (Å²) in [5.41, 5.74) is 4.51. The smallest absolute Gasteiger partial charge is 0.410 e. The molecule has 222 valence electrons. The highest BCUT2D eigenvalue weighted by atomic mass is 16.6. The van der Waals surface area contributed by atoms with Crippen LogP contribution in [0, 0.1) is 0 Å². The number of hydrogen-bond acceptors (Lipinski definition) is 6. The second-order valence-corrected chi connectivity index (χ2v) is 12.3. The molecule has 2 aromatic rings. The number of nitrogens with one attached hydrogen (secondary N) is 1. The molecule has 9 heteroatoms. The normalized spacial score (nSPS) is 19.5. The van der Waals surface area contributed by atoms with E-state index in [0.717, 1.165) is 42.0 Å². The number of ether oxygens (including phenoxy) is 2. The number of hydrogen-bond donors (Lipinski definition) is 1. The van der Waals surface area contributed by atoms with E-state index in [4.69, 9.17) is 9.47 Å². The van der Waals surface area contributed by atoms with Crippen LogP contribution in [0.5, 0.6) is 0 Å².